The molecular formula is C13H24IN3O3S. The third-order valence-corrected chi connectivity index (χ3v) is 3.56. The topological polar surface area (TPSA) is 83.7 Å². The summed E-state index contributed by atoms with van der Waals surface area (Å²) in [7, 11) is -2.90. The lowest BCUT2D eigenvalue weighted by atomic mass is 10.3. The van der Waals surface area contributed by atoms with Gasteiger partial charge >= 0.3 is 0 Å². The molecule has 6 nitrogen and oxygen atoms in total. The molecule has 8 heteroatoms. The molecule has 0 unspecified atom stereocenters. The molecule has 0 aliphatic heterocycles. The van der Waals surface area contributed by atoms with E-state index < -0.39 is 9.84 Å². The van der Waals surface area contributed by atoms with Crippen LogP contribution in [0.4, 0.5) is 0 Å². The molecule has 2 N–H and O–H groups in total. The Balaban J connectivity index is 0.00000400. The summed E-state index contributed by atoms with van der Waals surface area (Å²) in [6.45, 7) is 3.95. The molecular weight excluding hydrogens is 405 g/mol. The highest BCUT2D eigenvalue weighted by atomic mass is 127. The maximum Gasteiger partial charge on any atom is 0.191 e. The summed E-state index contributed by atoms with van der Waals surface area (Å²) in [5.74, 6) is 1.79. The van der Waals surface area contributed by atoms with Gasteiger partial charge in [0.1, 0.15) is 15.6 Å². The Hall–Kier alpha value is -0.770. The molecule has 0 aliphatic rings. The molecule has 0 aliphatic carbocycles. The van der Waals surface area contributed by atoms with Crippen LogP contribution in [0.1, 0.15) is 19.1 Å². The Morgan fingerprint density at radius 2 is 2.14 bits per heavy atom. The van der Waals surface area contributed by atoms with Crippen LogP contribution in [0.15, 0.2) is 27.8 Å². The van der Waals surface area contributed by atoms with Gasteiger partial charge in [-0.25, -0.2) is 8.42 Å². The lowest BCUT2D eigenvalue weighted by molar-refractivity contribution is 0.507. The number of guanidine groups is 1. The van der Waals surface area contributed by atoms with Crippen LogP contribution in [0.5, 0.6) is 0 Å². The van der Waals surface area contributed by atoms with E-state index in [4.69, 9.17) is 4.42 Å². The van der Waals surface area contributed by atoms with E-state index in [9.17, 15) is 8.42 Å². The van der Waals surface area contributed by atoms with Crippen molar-refractivity contribution in [3.8, 4) is 0 Å². The zero-order chi connectivity index (χ0) is 14.8. The molecule has 1 aromatic heterocycles. The Bertz CT molecular complexity index is 501. The van der Waals surface area contributed by atoms with Gasteiger partial charge in [-0.3, -0.25) is 4.99 Å². The van der Waals surface area contributed by atoms with Crippen LogP contribution in [0.25, 0.3) is 0 Å². The van der Waals surface area contributed by atoms with Crippen LogP contribution in [0.2, 0.25) is 0 Å². The van der Waals surface area contributed by atoms with Gasteiger partial charge < -0.3 is 15.1 Å². The molecule has 0 saturated carbocycles. The normalized spacial score (nSPS) is 11.8. The summed E-state index contributed by atoms with van der Waals surface area (Å²) >= 11 is 0. The van der Waals surface area contributed by atoms with Crippen molar-refractivity contribution in [2.75, 3.05) is 31.6 Å². The maximum atomic E-state index is 11.0. The molecule has 0 aromatic carbocycles. The van der Waals surface area contributed by atoms with Crippen molar-refractivity contribution in [3.05, 3.63) is 24.2 Å². The summed E-state index contributed by atoms with van der Waals surface area (Å²) < 4.78 is 27.3. The fraction of sp³-hybridized carbons (Fsp3) is 0.615. The Labute approximate surface area is 143 Å². The van der Waals surface area contributed by atoms with E-state index in [1.807, 2.05) is 19.1 Å². The lowest BCUT2D eigenvalue weighted by Gasteiger charge is -2.10. The van der Waals surface area contributed by atoms with Crippen molar-refractivity contribution in [1.82, 2.24) is 10.6 Å². The molecule has 0 radical (unpaired) electrons. The van der Waals surface area contributed by atoms with E-state index >= 15 is 0 Å². The first-order valence-electron chi connectivity index (χ1n) is 6.73. The molecule has 0 amide bonds. The van der Waals surface area contributed by atoms with Crippen LogP contribution < -0.4 is 10.6 Å². The van der Waals surface area contributed by atoms with Crippen molar-refractivity contribution in [3.63, 3.8) is 0 Å². The number of hydrogen-bond donors (Lipinski definition) is 2. The van der Waals surface area contributed by atoms with E-state index in [0.29, 0.717) is 25.5 Å². The first-order chi connectivity index (χ1) is 9.51. The van der Waals surface area contributed by atoms with Gasteiger partial charge in [-0.15, -0.1) is 24.0 Å². The summed E-state index contributed by atoms with van der Waals surface area (Å²) in [4.78, 5) is 4.33. The van der Waals surface area contributed by atoms with Crippen molar-refractivity contribution in [2.24, 2.45) is 4.99 Å². The van der Waals surface area contributed by atoms with E-state index in [1.54, 1.807) is 6.26 Å². The second-order valence-corrected chi connectivity index (χ2v) is 6.76. The fourth-order valence-corrected chi connectivity index (χ4v) is 2.27. The summed E-state index contributed by atoms with van der Waals surface area (Å²) in [6, 6.07) is 3.79. The first kappa shape index (κ1) is 20.2. The standard InChI is InChI=1S/C13H23N3O3S.HI/c1-3-14-13(15-8-5-11-20(2,17)18)16-9-7-12-6-4-10-19-12;/h4,6,10H,3,5,7-9,11H2,1-2H3,(H2,14,15,16);1H. The van der Waals surface area contributed by atoms with E-state index in [2.05, 4.69) is 15.6 Å². The van der Waals surface area contributed by atoms with Gasteiger partial charge in [-0.2, -0.15) is 0 Å². The highest BCUT2D eigenvalue weighted by Gasteiger charge is 2.02. The smallest absolute Gasteiger partial charge is 0.191 e. The van der Waals surface area contributed by atoms with Crippen LogP contribution in [0, 0.1) is 0 Å². The van der Waals surface area contributed by atoms with Gasteiger partial charge in [0.05, 0.1) is 12.0 Å². The van der Waals surface area contributed by atoms with Crippen LogP contribution in [0.3, 0.4) is 0 Å². The van der Waals surface area contributed by atoms with Crippen LogP contribution >= 0.6 is 24.0 Å². The molecule has 1 heterocycles. The predicted octanol–water partition coefficient (Wildman–Crippen LogP) is 1.43. The molecule has 21 heavy (non-hydrogen) atoms. The second-order valence-electron chi connectivity index (χ2n) is 4.50. The number of aliphatic imine (C=N–C) groups is 1. The maximum absolute atomic E-state index is 11.0. The number of sulfone groups is 1. The Morgan fingerprint density at radius 3 is 2.71 bits per heavy atom. The van der Waals surface area contributed by atoms with Gasteiger partial charge in [0, 0.05) is 32.3 Å². The summed E-state index contributed by atoms with van der Waals surface area (Å²) in [5.41, 5.74) is 0. The van der Waals surface area contributed by atoms with E-state index in [1.165, 1.54) is 6.26 Å². The van der Waals surface area contributed by atoms with Crippen LogP contribution in [-0.2, 0) is 16.3 Å². The fourth-order valence-electron chi connectivity index (χ4n) is 1.62. The molecule has 122 valence electrons. The van der Waals surface area contributed by atoms with Crippen molar-refractivity contribution in [2.45, 2.75) is 19.8 Å². The van der Waals surface area contributed by atoms with Gasteiger partial charge in [0.2, 0.25) is 0 Å². The minimum absolute atomic E-state index is 0. The zero-order valence-electron chi connectivity index (χ0n) is 12.5. The molecule has 0 saturated heterocycles. The van der Waals surface area contributed by atoms with E-state index in [-0.39, 0.29) is 29.7 Å². The highest BCUT2D eigenvalue weighted by Crippen LogP contribution is 1.99. The van der Waals surface area contributed by atoms with Gasteiger partial charge in [0.25, 0.3) is 0 Å². The SMILES string of the molecule is CCNC(=NCCCS(C)(=O)=O)NCCc1ccco1.I. The quantitative estimate of drug-likeness (QED) is 0.283. The minimum atomic E-state index is -2.90. The predicted molar refractivity (Wildman–Crippen MR) is 96.1 cm³/mol. The van der Waals surface area contributed by atoms with Gasteiger partial charge in [-0.1, -0.05) is 0 Å². The number of furan rings is 1. The number of nitrogens with one attached hydrogen (secondary N) is 2. The average molecular weight is 429 g/mol. The molecule has 0 bridgehead atoms. The molecule has 0 atom stereocenters. The molecule has 0 fully saturated rings. The average Bonchev–Trinajstić information content (AvgIpc) is 2.86. The monoisotopic (exact) mass is 429 g/mol. The highest BCUT2D eigenvalue weighted by molar-refractivity contribution is 14.0. The third-order valence-electron chi connectivity index (χ3n) is 2.53. The third kappa shape index (κ3) is 10.6. The van der Waals surface area contributed by atoms with Crippen LogP contribution in [-0.4, -0.2) is 46.0 Å². The van der Waals surface area contributed by atoms with Crippen molar-refractivity contribution >= 4 is 39.8 Å². The summed E-state index contributed by atoms with van der Waals surface area (Å²) in [5, 5.41) is 6.31. The Kier molecular flexibility index (Phi) is 10.5. The summed E-state index contributed by atoms with van der Waals surface area (Å²) in [6.07, 6.45) is 4.21. The van der Waals surface area contributed by atoms with E-state index in [0.717, 1.165) is 18.7 Å². The first-order valence-corrected chi connectivity index (χ1v) is 8.79. The molecule has 1 rings (SSSR count). The number of hydrogen-bond acceptors (Lipinski definition) is 4. The largest absolute Gasteiger partial charge is 0.469 e. The molecule has 1 aromatic rings. The van der Waals surface area contributed by atoms with Crippen molar-refractivity contribution in [1.29, 1.82) is 0 Å². The van der Waals surface area contributed by atoms with Gasteiger partial charge in [0.15, 0.2) is 5.96 Å². The second kappa shape index (κ2) is 10.9. The Morgan fingerprint density at radius 1 is 1.38 bits per heavy atom. The van der Waals surface area contributed by atoms with Gasteiger partial charge in [-0.05, 0) is 25.5 Å². The number of nitrogens with zero attached hydrogens (tertiary/aromatic N) is 1. The number of rotatable bonds is 8. The zero-order valence-corrected chi connectivity index (χ0v) is 15.6. The lowest BCUT2D eigenvalue weighted by Crippen LogP contribution is -2.38. The number of halogens is 1. The molecule has 0 spiro atoms. The minimum Gasteiger partial charge on any atom is -0.469 e. The van der Waals surface area contributed by atoms with Crippen molar-refractivity contribution < 1.29 is 12.8 Å².